The predicted molar refractivity (Wildman–Crippen MR) is 107 cm³/mol. The van der Waals surface area contributed by atoms with E-state index in [2.05, 4.69) is 34.6 Å². The Kier molecular flexibility index (Phi) is 6.58. The van der Waals surface area contributed by atoms with Crippen LogP contribution in [0.25, 0.3) is 0 Å². The molecule has 4 nitrogen and oxygen atoms in total. The summed E-state index contributed by atoms with van der Waals surface area (Å²) in [4.78, 5) is 16.2. The van der Waals surface area contributed by atoms with Gasteiger partial charge in [0.2, 0.25) is 0 Å². The topological polar surface area (TPSA) is 51.2 Å². The van der Waals surface area contributed by atoms with E-state index in [1.54, 1.807) is 6.20 Å². The van der Waals surface area contributed by atoms with Gasteiger partial charge in [-0.05, 0) is 36.6 Å². The molecule has 0 fully saturated rings. The molecular weight excluding hydrogens is 336 g/mol. The van der Waals surface area contributed by atoms with Crippen molar-refractivity contribution in [3.05, 3.63) is 95.8 Å². The second-order valence-electron chi connectivity index (χ2n) is 6.44. The average Bonchev–Trinajstić information content (AvgIpc) is 2.72. The number of aromatic nitrogens is 1. The summed E-state index contributed by atoms with van der Waals surface area (Å²) in [6.45, 7) is 2.49. The number of hydrogen-bond donors (Lipinski definition) is 1. The molecule has 0 bridgehead atoms. The second kappa shape index (κ2) is 9.53. The predicted octanol–water partition coefficient (Wildman–Crippen LogP) is 4.11. The van der Waals surface area contributed by atoms with Gasteiger partial charge >= 0.3 is 0 Å². The van der Waals surface area contributed by atoms with Crippen LogP contribution in [-0.2, 0) is 4.79 Å². The van der Waals surface area contributed by atoms with Gasteiger partial charge < -0.3 is 10.1 Å². The molecule has 138 valence electrons. The van der Waals surface area contributed by atoms with Crippen molar-refractivity contribution >= 4 is 5.91 Å². The lowest BCUT2D eigenvalue weighted by Gasteiger charge is -2.18. The Balaban J connectivity index is 1.53. The maximum absolute atomic E-state index is 12.1. The number of amides is 1. The Hall–Kier alpha value is -3.14. The number of hydrogen-bond acceptors (Lipinski definition) is 3. The summed E-state index contributed by atoms with van der Waals surface area (Å²) in [5.41, 5.74) is 3.42. The lowest BCUT2D eigenvalue weighted by molar-refractivity contribution is -0.123. The average molecular weight is 360 g/mol. The molecule has 1 amide bonds. The normalized spacial score (nSPS) is 10.6. The van der Waals surface area contributed by atoms with Crippen LogP contribution < -0.4 is 10.1 Å². The van der Waals surface area contributed by atoms with Crippen molar-refractivity contribution in [3.63, 3.8) is 0 Å². The molecule has 0 atom stereocenters. The minimum Gasteiger partial charge on any atom is -0.482 e. The number of carbonyl (C=O) groups is 1. The van der Waals surface area contributed by atoms with Crippen LogP contribution in [0.15, 0.2) is 79.0 Å². The number of carbonyl (C=O) groups excluding carboxylic acids is 1. The van der Waals surface area contributed by atoms with E-state index < -0.39 is 0 Å². The van der Waals surface area contributed by atoms with Crippen LogP contribution in [0.4, 0.5) is 0 Å². The van der Waals surface area contributed by atoms with Crippen molar-refractivity contribution in [2.75, 3.05) is 13.2 Å². The molecule has 4 heteroatoms. The lowest BCUT2D eigenvalue weighted by atomic mass is 9.88. The van der Waals surface area contributed by atoms with Crippen molar-refractivity contribution in [1.29, 1.82) is 0 Å². The summed E-state index contributed by atoms with van der Waals surface area (Å²) in [7, 11) is 0. The molecule has 0 radical (unpaired) electrons. The Morgan fingerprint density at radius 1 is 0.963 bits per heavy atom. The Morgan fingerprint density at radius 3 is 2.15 bits per heavy atom. The maximum Gasteiger partial charge on any atom is 0.257 e. The highest BCUT2D eigenvalue weighted by atomic mass is 16.5. The number of rotatable bonds is 8. The summed E-state index contributed by atoms with van der Waals surface area (Å²) >= 11 is 0. The van der Waals surface area contributed by atoms with E-state index in [0.717, 1.165) is 12.1 Å². The van der Waals surface area contributed by atoms with E-state index in [9.17, 15) is 4.79 Å². The summed E-state index contributed by atoms with van der Waals surface area (Å²) in [6.07, 6.45) is 2.45. The van der Waals surface area contributed by atoms with Crippen LogP contribution in [0.5, 0.6) is 5.75 Å². The third kappa shape index (κ3) is 5.68. The molecule has 3 rings (SSSR count). The third-order valence-corrected chi connectivity index (χ3v) is 4.41. The van der Waals surface area contributed by atoms with Gasteiger partial charge in [-0.15, -0.1) is 0 Å². The fraction of sp³-hybridized carbons (Fsp3) is 0.217. The molecular formula is C23H24N2O2. The highest BCUT2D eigenvalue weighted by molar-refractivity contribution is 5.77. The minimum absolute atomic E-state index is 0.00786. The Bertz CT molecular complexity index is 794. The molecule has 0 saturated carbocycles. The monoisotopic (exact) mass is 360 g/mol. The van der Waals surface area contributed by atoms with Gasteiger partial charge in [-0.25, -0.2) is 0 Å². The molecule has 0 unspecified atom stereocenters. The molecule has 1 N–H and O–H groups in total. The third-order valence-electron chi connectivity index (χ3n) is 4.41. The van der Waals surface area contributed by atoms with E-state index >= 15 is 0 Å². The zero-order valence-corrected chi connectivity index (χ0v) is 15.5. The number of nitrogens with one attached hydrogen (secondary N) is 1. The minimum atomic E-state index is -0.129. The molecule has 0 aliphatic rings. The highest BCUT2D eigenvalue weighted by Crippen LogP contribution is 2.27. The maximum atomic E-state index is 12.1. The van der Waals surface area contributed by atoms with Gasteiger partial charge in [0.25, 0.3) is 5.91 Å². The number of ether oxygens (including phenoxy) is 1. The van der Waals surface area contributed by atoms with Crippen molar-refractivity contribution in [1.82, 2.24) is 10.3 Å². The van der Waals surface area contributed by atoms with Gasteiger partial charge in [-0.2, -0.15) is 0 Å². The summed E-state index contributed by atoms with van der Waals surface area (Å²) in [5, 5.41) is 2.95. The number of pyridine rings is 1. The number of benzene rings is 2. The van der Waals surface area contributed by atoms with Crippen LogP contribution in [-0.4, -0.2) is 24.0 Å². The quantitative estimate of drug-likeness (QED) is 0.658. The smallest absolute Gasteiger partial charge is 0.257 e. The number of aryl methyl sites for hydroxylation is 1. The van der Waals surface area contributed by atoms with Gasteiger partial charge in [0.05, 0.1) is 6.20 Å². The fourth-order valence-electron chi connectivity index (χ4n) is 2.99. The van der Waals surface area contributed by atoms with Gasteiger partial charge in [0, 0.05) is 18.2 Å². The first-order valence-electron chi connectivity index (χ1n) is 9.14. The molecule has 0 spiro atoms. The molecule has 3 aromatic rings. The van der Waals surface area contributed by atoms with Crippen LogP contribution >= 0.6 is 0 Å². The van der Waals surface area contributed by atoms with E-state index in [4.69, 9.17) is 4.74 Å². The van der Waals surface area contributed by atoms with E-state index in [1.807, 2.05) is 55.5 Å². The lowest BCUT2D eigenvalue weighted by Crippen LogP contribution is -2.30. The summed E-state index contributed by atoms with van der Waals surface area (Å²) in [6, 6.07) is 24.4. The van der Waals surface area contributed by atoms with E-state index in [1.165, 1.54) is 11.1 Å². The van der Waals surface area contributed by atoms with Gasteiger partial charge in [0.15, 0.2) is 6.61 Å². The van der Waals surface area contributed by atoms with E-state index in [-0.39, 0.29) is 18.4 Å². The van der Waals surface area contributed by atoms with Crippen molar-refractivity contribution < 1.29 is 9.53 Å². The second-order valence-corrected chi connectivity index (χ2v) is 6.44. The van der Waals surface area contributed by atoms with Gasteiger partial charge in [0.1, 0.15) is 5.75 Å². The van der Waals surface area contributed by atoms with Crippen molar-refractivity contribution in [2.24, 2.45) is 0 Å². The Labute approximate surface area is 160 Å². The largest absolute Gasteiger partial charge is 0.482 e. The standard InChI is InChI=1S/C23H24N2O2/c1-18-12-13-21(16-25-18)27-17-23(26)24-15-14-22(19-8-4-2-5-9-19)20-10-6-3-7-11-20/h2-13,16,22H,14-15,17H2,1H3,(H,24,26). The Morgan fingerprint density at radius 2 is 1.59 bits per heavy atom. The molecule has 1 aromatic heterocycles. The van der Waals surface area contributed by atoms with Crippen LogP contribution in [0.3, 0.4) is 0 Å². The van der Waals surface area contributed by atoms with Gasteiger partial charge in [-0.3, -0.25) is 9.78 Å². The van der Waals surface area contributed by atoms with Crippen LogP contribution in [0.2, 0.25) is 0 Å². The molecule has 1 heterocycles. The molecule has 27 heavy (non-hydrogen) atoms. The summed E-state index contributed by atoms with van der Waals surface area (Å²) < 4.78 is 5.48. The molecule has 0 saturated heterocycles. The van der Waals surface area contributed by atoms with E-state index in [0.29, 0.717) is 12.3 Å². The SMILES string of the molecule is Cc1ccc(OCC(=O)NCCC(c2ccccc2)c2ccccc2)cn1. The first-order valence-corrected chi connectivity index (χ1v) is 9.14. The van der Waals surface area contributed by atoms with Crippen molar-refractivity contribution in [3.8, 4) is 5.75 Å². The van der Waals surface area contributed by atoms with Crippen molar-refractivity contribution in [2.45, 2.75) is 19.3 Å². The zero-order chi connectivity index (χ0) is 18.9. The molecule has 0 aliphatic heterocycles. The first kappa shape index (κ1) is 18.6. The van der Waals surface area contributed by atoms with Gasteiger partial charge in [-0.1, -0.05) is 60.7 Å². The van der Waals surface area contributed by atoms with Crippen LogP contribution in [0.1, 0.15) is 29.2 Å². The summed E-state index contributed by atoms with van der Waals surface area (Å²) in [5.74, 6) is 0.715. The zero-order valence-electron chi connectivity index (χ0n) is 15.5. The first-order chi connectivity index (χ1) is 13.2. The van der Waals surface area contributed by atoms with Crippen LogP contribution in [0, 0.1) is 6.92 Å². The highest BCUT2D eigenvalue weighted by Gasteiger charge is 2.14. The molecule has 0 aliphatic carbocycles. The number of nitrogens with zero attached hydrogens (tertiary/aromatic N) is 1. The molecule has 2 aromatic carbocycles. The fourth-order valence-corrected chi connectivity index (χ4v) is 2.99.